The molecule has 0 rings (SSSR count). The molecule has 0 aromatic rings. The molecular weight excluding hydrogens is 286 g/mol. The molecule has 9 heavy (non-hydrogen) atoms. The maximum Gasteiger partial charge on any atom is 0.511 e. The van der Waals surface area contributed by atoms with Gasteiger partial charge in [-0.15, -0.1) is 0 Å². The number of nitrogens with two attached hydrogens (primary N) is 1. The summed E-state index contributed by atoms with van der Waals surface area (Å²) in [5.74, 6) is 0. The summed E-state index contributed by atoms with van der Waals surface area (Å²) in [4.78, 5) is 0. The number of hydrogen-bond acceptors (Lipinski definition) is 2. The second-order valence-electron chi connectivity index (χ2n) is 0.991. The van der Waals surface area contributed by atoms with Crippen LogP contribution < -0.4 is 5.14 Å². The Morgan fingerprint density at radius 1 is 1.22 bits per heavy atom. The smallest absolute Gasteiger partial charge is 0.221 e. The zero-order valence-corrected chi connectivity index (χ0v) is 8.46. The van der Waals surface area contributed by atoms with Gasteiger partial charge in [-0.25, -0.2) is 13.6 Å². The van der Waals surface area contributed by atoms with E-state index < -0.39 is 15.5 Å². The molecule has 0 spiro atoms. The fraction of sp³-hybridized carbons (Fsp3) is 1.00. The van der Waals surface area contributed by atoms with Gasteiger partial charge in [0.15, 0.2) is 0 Å². The quantitative estimate of drug-likeness (QED) is 0.671. The van der Waals surface area contributed by atoms with Gasteiger partial charge in [0, 0.05) is 35.6 Å². The summed E-state index contributed by atoms with van der Waals surface area (Å²) < 4.78 is 51.2. The molecule has 0 saturated carbocycles. The molecule has 1 radical (unpaired) electrons. The zero-order valence-electron chi connectivity index (χ0n) is 4.01. The first-order chi connectivity index (χ1) is 3.25. The summed E-state index contributed by atoms with van der Waals surface area (Å²) in [5, 5.41) is 3.66. The Morgan fingerprint density at radius 3 is 1.33 bits per heavy atom. The fourth-order valence-electron chi connectivity index (χ4n) is 0. The van der Waals surface area contributed by atoms with Crippen LogP contribution in [0.1, 0.15) is 0 Å². The van der Waals surface area contributed by atoms with Crippen LogP contribution >= 0.6 is 0 Å². The third-order valence-electron chi connectivity index (χ3n) is 0.323. The predicted octanol–water partition coefficient (Wildman–Crippen LogP) is -0.205. The number of hydrogen-bond donors (Lipinski definition) is 1. The van der Waals surface area contributed by atoms with E-state index >= 15 is 0 Å². The second-order valence-corrected chi connectivity index (χ2v) is 2.54. The Labute approximate surface area is 77.4 Å². The summed E-state index contributed by atoms with van der Waals surface area (Å²) in [6.07, 6.45) is 0. The number of halogens is 3. The van der Waals surface area contributed by atoms with Crippen molar-refractivity contribution in [3.05, 3.63) is 0 Å². The molecule has 2 N–H and O–H groups in total. The van der Waals surface area contributed by atoms with E-state index in [1.807, 2.05) is 0 Å². The van der Waals surface area contributed by atoms with E-state index in [0.29, 0.717) is 0 Å². The molecule has 0 aliphatic heterocycles. The van der Waals surface area contributed by atoms with Crippen LogP contribution in [0.5, 0.6) is 0 Å². The Kier molecular flexibility index (Phi) is 4.65. The third-order valence-corrected chi connectivity index (χ3v) is 0.968. The number of primary sulfonamides is 1. The Morgan fingerprint density at radius 2 is 1.33 bits per heavy atom. The number of alkyl halides is 3. The average Bonchev–Trinajstić information content (AvgIpc) is 1.25. The Hall–Kier alpha value is 0.895. The molecule has 0 aliphatic rings. The first kappa shape index (κ1) is 12.6. The van der Waals surface area contributed by atoms with Gasteiger partial charge in [-0.3, -0.25) is 0 Å². The van der Waals surface area contributed by atoms with Crippen molar-refractivity contribution in [1.82, 2.24) is 0 Å². The van der Waals surface area contributed by atoms with Gasteiger partial charge in [-0.1, -0.05) is 0 Å². The standard InChI is InChI=1S/CH2F3NO2S.La/c2-1(3,4)8(5,6)7;/h(H2,5,6,7);. The summed E-state index contributed by atoms with van der Waals surface area (Å²) in [6.45, 7) is 0. The molecule has 0 bridgehead atoms. The molecule has 3 nitrogen and oxygen atoms in total. The molecule has 0 fully saturated rings. The molecule has 0 atom stereocenters. The van der Waals surface area contributed by atoms with E-state index in [2.05, 4.69) is 5.14 Å². The topological polar surface area (TPSA) is 60.2 Å². The van der Waals surface area contributed by atoms with Crippen molar-refractivity contribution in [3.63, 3.8) is 0 Å². The molecule has 53 valence electrons. The second kappa shape index (κ2) is 3.33. The first-order valence-electron chi connectivity index (χ1n) is 1.34. The van der Waals surface area contributed by atoms with E-state index in [9.17, 15) is 21.6 Å². The molecule has 0 aromatic heterocycles. The summed E-state index contributed by atoms with van der Waals surface area (Å²) in [6, 6.07) is 0. The summed E-state index contributed by atoms with van der Waals surface area (Å²) in [5.41, 5.74) is -5.31. The molecule has 0 aliphatic carbocycles. The largest absolute Gasteiger partial charge is 0.511 e. The van der Waals surface area contributed by atoms with Crippen LogP contribution in [0.4, 0.5) is 13.2 Å². The third kappa shape index (κ3) is 4.32. The first-order valence-corrected chi connectivity index (χ1v) is 2.89. The minimum atomic E-state index is -5.34. The van der Waals surface area contributed by atoms with Crippen molar-refractivity contribution in [2.24, 2.45) is 5.14 Å². The van der Waals surface area contributed by atoms with Crippen LogP contribution in [-0.4, -0.2) is 13.9 Å². The predicted molar refractivity (Wildman–Crippen MR) is 19.2 cm³/mol. The maximum atomic E-state index is 10.8. The van der Waals surface area contributed by atoms with Crippen molar-refractivity contribution in [3.8, 4) is 0 Å². The maximum absolute atomic E-state index is 10.8. The van der Waals surface area contributed by atoms with Gasteiger partial charge in [0.2, 0.25) is 0 Å². The van der Waals surface area contributed by atoms with Gasteiger partial charge in [0.05, 0.1) is 0 Å². The Balaban J connectivity index is 0. The van der Waals surface area contributed by atoms with E-state index in [0.717, 1.165) is 0 Å². The van der Waals surface area contributed by atoms with E-state index in [-0.39, 0.29) is 35.6 Å². The fourth-order valence-corrected chi connectivity index (χ4v) is 0. The summed E-state index contributed by atoms with van der Waals surface area (Å²) >= 11 is 0. The van der Waals surface area contributed by atoms with Crippen molar-refractivity contribution in [2.45, 2.75) is 5.51 Å². The van der Waals surface area contributed by atoms with Crippen molar-refractivity contribution in [2.75, 3.05) is 0 Å². The minimum absolute atomic E-state index is 0. The van der Waals surface area contributed by atoms with Gasteiger partial charge in [0.25, 0.3) is 0 Å². The molecule has 8 heteroatoms. The molecule has 0 saturated heterocycles. The van der Waals surface area contributed by atoms with Crippen molar-refractivity contribution in [1.29, 1.82) is 0 Å². The van der Waals surface area contributed by atoms with Crippen LogP contribution in [-0.2, 0) is 10.0 Å². The van der Waals surface area contributed by atoms with Crippen molar-refractivity contribution >= 4 is 10.0 Å². The monoisotopic (exact) mass is 288 g/mol. The van der Waals surface area contributed by atoms with Crippen LogP contribution in [0.25, 0.3) is 0 Å². The number of sulfonamides is 1. The number of rotatable bonds is 0. The normalized spacial score (nSPS) is 12.4. The molecule has 0 heterocycles. The molecule has 0 aromatic carbocycles. The van der Waals surface area contributed by atoms with Gasteiger partial charge in [-0.2, -0.15) is 13.2 Å². The van der Waals surface area contributed by atoms with Crippen molar-refractivity contribution < 1.29 is 57.2 Å². The van der Waals surface area contributed by atoms with Crippen LogP contribution in [0, 0.1) is 35.6 Å². The minimum Gasteiger partial charge on any atom is -0.221 e. The van der Waals surface area contributed by atoms with Gasteiger partial charge >= 0.3 is 15.5 Å². The SMILES string of the molecule is NS(=O)(=O)C(F)(F)F.[La]. The molecule has 0 amide bonds. The van der Waals surface area contributed by atoms with Gasteiger partial charge in [0.1, 0.15) is 0 Å². The summed E-state index contributed by atoms with van der Waals surface area (Å²) in [7, 11) is -5.34. The molecular formula is CH2F3LaNO2S. The van der Waals surface area contributed by atoms with Crippen LogP contribution in [0.15, 0.2) is 0 Å². The van der Waals surface area contributed by atoms with Gasteiger partial charge < -0.3 is 0 Å². The van der Waals surface area contributed by atoms with E-state index in [4.69, 9.17) is 0 Å². The van der Waals surface area contributed by atoms with Crippen LogP contribution in [0.3, 0.4) is 0 Å². The Bertz CT molecular complexity index is 171. The van der Waals surface area contributed by atoms with Gasteiger partial charge in [-0.05, 0) is 0 Å². The molecule has 0 unspecified atom stereocenters. The zero-order chi connectivity index (χ0) is 7.00. The van der Waals surface area contributed by atoms with E-state index in [1.165, 1.54) is 0 Å². The average molecular weight is 288 g/mol. The van der Waals surface area contributed by atoms with Crippen LogP contribution in [0.2, 0.25) is 0 Å². The van der Waals surface area contributed by atoms with E-state index in [1.54, 1.807) is 0 Å².